The Kier molecular flexibility index (Phi) is 4.65. The number of carbonyl (C=O) groups is 1. The van der Waals surface area contributed by atoms with Gasteiger partial charge in [0.25, 0.3) is 0 Å². The summed E-state index contributed by atoms with van der Waals surface area (Å²) in [5.74, 6) is -0.0463. The lowest BCUT2D eigenvalue weighted by Crippen LogP contribution is -2.42. The summed E-state index contributed by atoms with van der Waals surface area (Å²) < 4.78 is 1.87. The summed E-state index contributed by atoms with van der Waals surface area (Å²) in [5, 5.41) is 7.09. The Bertz CT molecular complexity index is 608. The molecule has 6 heteroatoms. The van der Waals surface area contributed by atoms with Crippen LogP contribution in [-0.2, 0) is 17.9 Å². The highest BCUT2D eigenvalue weighted by molar-refractivity contribution is 5.88. The molecule has 0 aliphatic heterocycles. The zero-order chi connectivity index (χ0) is 14.0. The summed E-state index contributed by atoms with van der Waals surface area (Å²) in [6.45, 7) is 1.25. The van der Waals surface area contributed by atoms with E-state index in [1.807, 2.05) is 29.1 Å². The molecule has 1 aromatic heterocycles. The number of carbonyl (C=O) groups excluding carboxylic acids is 1. The summed E-state index contributed by atoms with van der Waals surface area (Å²) in [6, 6.07) is 10.0. The van der Waals surface area contributed by atoms with Crippen LogP contribution in [-0.4, -0.2) is 21.2 Å². The van der Waals surface area contributed by atoms with Crippen LogP contribution in [0.1, 0.15) is 24.0 Å². The molecule has 1 aromatic carbocycles. The minimum Gasteiger partial charge on any atom is -0.350 e. The fourth-order valence-electron chi connectivity index (χ4n) is 2.14. The number of benzene rings is 1. The number of nitrogens with zero attached hydrogens (tertiary/aromatic N) is 2. The van der Waals surface area contributed by atoms with E-state index in [4.69, 9.17) is 5.73 Å². The van der Waals surface area contributed by atoms with E-state index in [1.165, 1.54) is 0 Å². The van der Waals surface area contributed by atoms with Gasteiger partial charge in [0.15, 0.2) is 0 Å². The first-order chi connectivity index (χ1) is 9.66. The highest BCUT2D eigenvalue weighted by Crippen LogP contribution is 2.32. The molecule has 2 aromatic rings. The van der Waals surface area contributed by atoms with Crippen molar-refractivity contribution < 1.29 is 4.79 Å². The van der Waals surface area contributed by atoms with Crippen LogP contribution in [0, 0.1) is 0 Å². The van der Waals surface area contributed by atoms with E-state index < -0.39 is 5.54 Å². The van der Waals surface area contributed by atoms with Gasteiger partial charge in [-0.3, -0.25) is 9.48 Å². The van der Waals surface area contributed by atoms with Gasteiger partial charge in [-0.15, -0.1) is 12.4 Å². The molecule has 1 aliphatic rings. The number of hydrogen-bond donors (Lipinski definition) is 2. The number of rotatable bonds is 5. The molecule has 0 atom stereocenters. The van der Waals surface area contributed by atoms with Gasteiger partial charge in [0.2, 0.25) is 5.91 Å². The highest BCUT2D eigenvalue weighted by Gasteiger charge is 2.45. The highest BCUT2D eigenvalue weighted by atomic mass is 35.5. The smallest absolute Gasteiger partial charge is 0.240 e. The summed E-state index contributed by atoms with van der Waals surface area (Å²) in [5.41, 5.74) is 7.48. The Hall–Kier alpha value is -1.85. The zero-order valence-electron chi connectivity index (χ0n) is 11.7. The fraction of sp³-hybridized carbons (Fsp3) is 0.333. The molecular formula is C15H19ClN4O. The van der Waals surface area contributed by atoms with Gasteiger partial charge in [-0.1, -0.05) is 24.3 Å². The number of nitrogens with one attached hydrogen (secondary N) is 1. The maximum absolute atomic E-state index is 11.8. The molecule has 1 saturated carbocycles. The Morgan fingerprint density at radius 3 is 2.76 bits per heavy atom. The first kappa shape index (κ1) is 15.5. The van der Waals surface area contributed by atoms with Gasteiger partial charge in [0.05, 0.1) is 12.1 Å². The molecule has 1 heterocycles. The van der Waals surface area contributed by atoms with Crippen LogP contribution >= 0.6 is 12.4 Å². The van der Waals surface area contributed by atoms with Crippen molar-refractivity contribution in [3.8, 4) is 0 Å². The number of nitrogens with two attached hydrogens (primary N) is 1. The molecule has 21 heavy (non-hydrogen) atoms. The van der Waals surface area contributed by atoms with E-state index in [-0.39, 0.29) is 18.3 Å². The third-order valence-corrected chi connectivity index (χ3v) is 3.59. The third-order valence-electron chi connectivity index (χ3n) is 3.59. The topological polar surface area (TPSA) is 72.9 Å². The molecule has 0 saturated heterocycles. The quantitative estimate of drug-likeness (QED) is 0.878. The van der Waals surface area contributed by atoms with Gasteiger partial charge >= 0.3 is 0 Å². The SMILES string of the molecule is Cl.NC1(C(=O)NCc2cccc(Cn3cccn3)c2)CC1. The van der Waals surface area contributed by atoms with Crippen molar-refractivity contribution in [2.75, 3.05) is 0 Å². The second-order valence-electron chi connectivity index (χ2n) is 5.36. The number of hydrogen-bond acceptors (Lipinski definition) is 3. The number of halogens is 1. The van der Waals surface area contributed by atoms with Gasteiger partial charge in [0, 0.05) is 18.9 Å². The van der Waals surface area contributed by atoms with Crippen LogP contribution in [0.3, 0.4) is 0 Å². The van der Waals surface area contributed by atoms with Crippen molar-refractivity contribution in [3.63, 3.8) is 0 Å². The maximum Gasteiger partial charge on any atom is 0.240 e. The van der Waals surface area contributed by atoms with Gasteiger partial charge in [0.1, 0.15) is 0 Å². The standard InChI is InChI=1S/C15H18N4O.ClH/c16-15(5-6-15)14(20)17-10-12-3-1-4-13(9-12)11-19-8-2-7-18-19;/h1-4,7-9H,5-6,10-11,16H2,(H,17,20);1H. The number of amides is 1. The minimum absolute atomic E-state index is 0. The summed E-state index contributed by atoms with van der Waals surface area (Å²) >= 11 is 0. The molecule has 1 amide bonds. The number of aromatic nitrogens is 2. The predicted octanol–water partition coefficient (Wildman–Crippen LogP) is 1.46. The van der Waals surface area contributed by atoms with E-state index in [9.17, 15) is 4.79 Å². The van der Waals surface area contributed by atoms with Crippen LogP contribution in [0.15, 0.2) is 42.7 Å². The summed E-state index contributed by atoms with van der Waals surface area (Å²) in [6.07, 6.45) is 5.27. The normalized spacial score (nSPS) is 15.1. The molecule has 3 rings (SSSR count). The van der Waals surface area contributed by atoms with Crippen molar-refractivity contribution in [2.24, 2.45) is 5.73 Å². The first-order valence-electron chi connectivity index (χ1n) is 6.78. The molecule has 0 radical (unpaired) electrons. The van der Waals surface area contributed by atoms with Crippen LogP contribution in [0.5, 0.6) is 0 Å². The van der Waals surface area contributed by atoms with E-state index in [0.29, 0.717) is 6.54 Å². The average molecular weight is 307 g/mol. The van der Waals surface area contributed by atoms with Crippen LogP contribution in [0.4, 0.5) is 0 Å². The Labute approximate surface area is 129 Å². The Balaban J connectivity index is 0.00000161. The maximum atomic E-state index is 11.8. The Morgan fingerprint density at radius 2 is 2.10 bits per heavy atom. The van der Waals surface area contributed by atoms with Gasteiger partial charge in [-0.2, -0.15) is 5.10 Å². The van der Waals surface area contributed by atoms with E-state index in [1.54, 1.807) is 6.20 Å². The molecule has 3 N–H and O–H groups in total. The molecule has 1 fully saturated rings. The van der Waals surface area contributed by atoms with E-state index in [2.05, 4.69) is 22.5 Å². The largest absolute Gasteiger partial charge is 0.350 e. The van der Waals surface area contributed by atoms with Crippen LogP contribution in [0.25, 0.3) is 0 Å². The molecule has 0 unspecified atom stereocenters. The third kappa shape index (κ3) is 3.83. The van der Waals surface area contributed by atoms with Crippen molar-refractivity contribution >= 4 is 18.3 Å². The molecule has 112 valence electrons. The molecule has 5 nitrogen and oxygen atoms in total. The van der Waals surface area contributed by atoms with E-state index >= 15 is 0 Å². The van der Waals surface area contributed by atoms with Crippen molar-refractivity contribution in [1.29, 1.82) is 0 Å². The monoisotopic (exact) mass is 306 g/mol. The average Bonchev–Trinajstić information content (AvgIpc) is 3.00. The summed E-state index contributed by atoms with van der Waals surface area (Å²) in [4.78, 5) is 11.8. The van der Waals surface area contributed by atoms with Crippen LogP contribution < -0.4 is 11.1 Å². The first-order valence-corrected chi connectivity index (χ1v) is 6.78. The van der Waals surface area contributed by atoms with Gasteiger partial charge in [-0.25, -0.2) is 0 Å². The Morgan fingerprint density at radius 1 is 1.33 bits per heavy atom. The van der Waals surface area contributed by atoms with Crippen molar-refractivity contribution in [3.05, 3.63) is 53.9 Å². The van der Waals surface area contributed by atoms with Gasteiger partial charge < -0.3 is 11.1 Å². The second-order valence-corrected chi connectivity index (χ2v) is 5.36. The van der Waals surface area contributed by atoms with Crippen molar-refractivity contribution in [2.45, 2.75) is 31.5 Å². The molecule has 0 bridgehead atoms. The minimum atomic E-state index is -0.604. The lowest BCUT2D eigenvalue weighted by Gasteiger charge is -2.11. The van der Waals surface area contributed by atoms with Crippen LogP contribution in [0.2, 0.25) is 0 Å². The lowest BCUT2D eigenvalue weighted by atomic mass is 10.1. The second kappa shape index (κ2) is 6.28. The predicted molar refractivity (Wildman–Crippen MR) is 83.0 cm³/mol. The summed E-state index contributed by atoms with van der Waals surface area (Å²) in [7, 11) is 0. The zero-order valence-corrected chi connectivity index (χ0v) is 12.5. The van der Waals surface area contributed by atoms with E-state index in [0.717, 1.165) is 30.5 Å². The van der Waals surface area contributed by atoms with Gasteiger partial charge in [-0.05, 0) is 30.0 Å². The molecule has 1 aliphatic carbocycles. The lowest BCUT2D eigenvalue weighted by molar-refractivity contribution is -0.123. The molecular weight excluding hydrogens is 288 g/mol. The molecule has 0 spiro atoms. The fourth-order valence-corrected chi connectivity index (χ4v) is 2.14. The van der Waals surface area contributed by atoms with Crippen molar-refractivity contribution in [1.82, 2.24) is 15.1 Å².